The van der Waals surface area contributed by atoms with Gasteiger partial charge in [0, 0.05) is 27.3 Å². The van der Waals surface area contributed by atoms with Crippen LogP contribution in [0.4, 0.5) is 9.59 Å². The second-order valence-corrected chi connectivity index (χ2v) is 14.5. The molecule has 6 rings (SSSR count). The maximum atomic E-state index is 13.6. The highest BCUT2D eigenvalue weighted by molar-refractivity contribution is 5.87. The molecule has 2 aromatic heterocycles. The van der Waals surface area contributed by atoms with Crippen LogP contribution >= 0.6 is 0 Å². The van der Waals surface area contributed by atoms with Crippen LogP contribution in [0.5, 0.6) is 0 Å². The van der Waals surface area contributed by atoms with Crippen LogP contribution in [0.3, 0.4) is 0 Å². The van der Waals surface area contributed by atoms with Gasteiger partial charge >= 0.3 is 12.2 Å². The first-order valence-electron chi connectivity index (χ1n) is 18.7. The van der Waals surface area contributed by atoms with Crippen molar-refractivity contribution < 1.29 is 38.5 Å². The molecule has 4 heterocycles. The van der Waals surface area contributed by atoms with Gasteiger partial charge in [0.2, 0.25) is 11.8 Å². The molecular weight excluding hydrogens is 720 g/mol. The normalized spacial score (nSPS) is 20.3. The van der Waals surface area contributed by atoms with Crippen LogP contribution in [-0.2, 0) is 29.3 Å². The number of nitrogens with one attached hydrogen (secondary N) is 4. The number of rotatable bonds is 13. The lowest BCUT2D eigenvalue weighted by atomic mass is 9.96. The maximum absolute atomic E-state index is 13.6. The van der Waals surface area contributed by atoms with Crippen molar-refractivity contribution in [3.8, 4) is 33.6 Å². The Balaban J connectivity index is 1.13. The van der Waals surface area contributed by atoms with E-state index in [1.165, 1.54) is 21.3 Å². The molecule has 6 atom stereocenters. The van der Waals surface area contributed by atoms with Gasteiger partial charge in [0.05, 0.1) is 54.7 Å². The van der Waals surface area contributed by atoms with Gasteiger partial charge in [-0.1, -0.05) is 48.5 Å². The third kappa shape index (κ3) is 8.11. The summed E-state index contributed by atoms with van der Waals surface area (Å²) in [4.78, 5) is 70.3. The highest BCUT2D eigenvalue weighted by Gasteiger charge is 2.46. The Labute approximate surface area is 325 Å². The summed E-state index contributed by atoms with van der Waals surface area (Å²) in [6, 6.07) is 14.0. The SMILES string of the molecule is COC(=O)N[C@H](C(=O)N1CCC[C@H]1c1ncc(-c2ccc(-c3ccc(-c4cnc([C@]5(C)CCCN5C(=O)[C@@H](NC(=O)O)[C@@H](C)OC)[nH]4)cc3)cc2)[nH]1)C(C)OC. The topological polar surface area (TPSA) is 204 Å². The summed E-state index contributed by atoms with van der Waals surface area (Å²) in [5, 5.41) is 14.3. The van der Waals surface area contributed by atoms with Gasteiger partial charge in [-0.2, -0.15) is 0 Å². The number of amides is 4. The average molecular weight is 771 g/mol. The monoisotopic (exact) mass is 770 g/mol. The van der Waals surface area contributed by atoms with Crippen LogP contribution in [0.2, 0.25) is 0 Å². The van der Waals surface area contributed by atoms with E-state index in [9.17, 15) is 24.3 Å². The summed E-state index contributed by atoms with van der Waals surface area (Å²) in [6.45, 7) is 6.35. The van der Waals surface area contributed by atoms with Crippen molar-refractivity contribution in [1.29, 1.82) is 0 Å². The largest absolute Gasteiger partial charge is 0.465 e. The van der Waals surface area contributed by atoms with Gasteiger partial charge in [-0.3, -0.25) is 9.59 Å². The number of H-pyrrole nitrogens is 2. The fourth-order valence-corrected chi connectivity index (χ4v) is 7.65. The van der Waals surface area contributed by atoms with Gasteiger partial charge in [-0.05, 0) is 68.7 Å². The number of carbonyl (C=O) groups is 4. The average Bonchev–Trinajstić information content (AvgIpc) is 4.05. The number of benzene rings is 2. The van der Waals surface area contributed by atoms with E-state index in [2.05, 4.69) is 30.6 Å². The fraction of sp³-hybridized carbons (Fsp3) is 0.450. The van der Waals surface area contributed by atoms with E-state index in [0.717, 1.165) is 52.9 Å². The van der Waals surface area contributed by atoms with Gasteiger partial charge in [-0.15, -0.1) is 0 Å². The highest BCUT2D eigenvalue weighted by Crippen LogP contribution is 2.39. The third-order valence-corrected chi connectivity index (χ3v) is 11.1. The molecule has 2 aromatic carbocycles. The molecule has 0 saturated carbocycles. The van der Waals surface area contributed by atoms with Gasteiger partial charge in [0.15, 0.2) is 0 Å². The van der Waals surface area contributed by atoms with Crippen molar-refractivity contribution >= 4 is 24.0 Å². The number of aromatic nitrogens is 4. The number of alkyl carbamates (subject to hydrolysis) is 1. The number of carbonyl (C=O) groups excluding carboxylic acids is 3. The molecule has 4 aromatic rings. The van der Waals surface area contributed by atoms with E-state index in [-0.39, 0.29) is 17.9 Å². The Morgan fingerprint density at radius 1 is 0.786 bits per heavy atom. The molecule has 0 aliphatic carbocycles. The molecule has 2 aliphatic heterocycles. The van der Waals surface area contributed by atoms with Crippen molar-refractivity contribution in [2.24, 2.45) is 0 Å². The molecule has 16 heteroatoms. The minimum atomic E-state index is -1.29. The van der Waals surface area contributed by atoms with E-state index in [4.69, 9.17) is 14.2 Å². The molecule has 2 fully saturated rings. The van der Waals surface area contributed by atoms with Gasteiger partial charge in [0.1, 0.15) is 23.7 Å². The molecule has 0 radical (unpaired) electrons. The van der Waals surface area contributed by atoms with Crippen LogP contribution in [0, 0.1) is 0 Å². The first-order valence-corrected chi connectivity index (χ1v) is 18.7. The molecular formula is C40H50N8O8. The third-order valence-electron chi connectivity index (χ3n) is 11.1. The van der Waals surface area contributed by atoms with Crippen molar-refractivity contribution in [2.75, 3.05) is 34.4 Å². The predicted octanol–water partition coefficient (Wildman–Crippen LogP) is 5.07. The first-order chi connectivity index (χ1) is 26.9. The number of imidazole rings is 2. The van der Waals surface area contributed by atoms with Crippen molar-refractivity contribution in [1.82, 2.24) is 40.4 Å². The summed E-state index contributed by atoms with van der Waals surface area (Å²) >= 11 is 0. The summed E-state index contributed by atoms with van der Waals surface area (Å²) in [5.41, 5.74) is 4.79. The number of aromatic amines is 2. The number of carboxylic acid groups (broad SMARTS) is 1. The zero-order valence-corrected chi connectivity index (χ0v) is 32.5. The smallest absolute Gasteiger partial charge is 0.407 e. The van der Waals surface area contributed by atoms with Gasteiger partial charge < -0.3 is 49.7 Å². The number of hydrogen-bond acceptors (Lipinski definition) is 9. The minimum Gasteiger partial charge on any atom is -0.465 e. The molecule has 1 unspecified atom stereocenters. The standard InChI is InChI=1S/C40H50N8O8/c1-23(54-4)32(46-39(53)56-6)35(49)47-19-7-9-31(47)34-41-21-29(43-34)27-14-10-25(11-15-27)26-12-16-28(17-13-26)30-22-42-37(44-30)40(3)18-8-20-48(40)36(50)33(24(2)55-5)45-38(51)52/h10-17,21-24,31-33,45H,7-9,18-20H2,1-6H3,(H,41,43)(H,42,44)(H,46,53)(H,51,52)/t23?,24-,31+,32+,33+,40+/m1/s1. The highest BCUT2D eigenvalue weighted by atomic mass is 16.5. The summed E-state index contributed by atoms with van der Waals surface area (Å²) in [5.74, 6) is 0.698. The minimum absolute atomic E-state index is 0.256. The lowest BCUT2D eigenvalue weighted by molar-refractivity contribution is -0.141. The summed E-state index contributed by atoms with van der Waals surface area (Å²) in [7, 11) is 4.19. The molecule has 0 spiro atoms. The van der Waals surface area contributed by atoms with Crippen molar-refractivity contribution in [3.05, 3.63) is 72.6 Å². The van der Waals surface area contributed by atoms with E-state index in [1.54, 1.807) is 36.0 Å². The number of hydrogen-bond donors (Lipinski definition) is 5. The second kappa shape index (κ2) is 17.0. The quantitative estimate of drug-likeness (QED) is 0.122. The molecule has 56 heavy (non-hydrogen) atoms. The van der Waals surface area contributed by atoms with E-state index in [0.29, 0.717) is 31.2 Å². The lowest BCUT2D eigenvalue weighted by Gasteiger charge is -2.37. The first kappa shape index (κ1) is 39.9. The van der Waals surface area contributed by atoms with E-state index in [1.807, 2.05) is 55.5 Å². The van der Waals surface area contributed by atoms with E-state index >= 15 is 0 Å². The van der Waals surface area contributed by atoms with Gasteiger partial charge in [0.25, 0.3) is 0 Å². The fourth-order valence-electron chi connectivity index (χ4n) is 7.65. The van der Waals surface area contributed by atoms with Crippen LogP contribution in [0.25, 0.3) is 33.6 Å². The maximum Gasteiger partial charge on any atom is 0.407 e. The van der Waals surface area contributed by atoms with Crippen LogP contribution in [0.15, 0.2) is 60.9 Å². The molecule has 2 aliphatic rings. The number of methoxy groups -OCH3 is 3. The molecule has 0 bridgehead atoms. The Hall–Kier alpha value is -5.74. The predicted molar refractivity (Wildman–Crippen MR) is 206 cm³/mol. The molecule has 2 saturated heterocycles. The second-order valence-electron chi connectivity index (χ2n) is 14.5. The number of nitrogens with zero attached hydrogens (tertiary/aromatic N) is 4. The molecule has 4 amide bonds. The number of ether oxygens (including phenoxy) is 3. The number of likely N-dealkylation sites (tertiary alicyclic amines) is 2. The van der Waals surface area contributed by atoms with Crippen LogP contribution in [-0.4, -0.2) is 118 Å². The Kier molecular flexibility index (Phi) is 12.1. The Morgan fingerprint density at radius 3 is 1.91 bits per heavy atom. The van der Waals surface area contributed by atoms with Crippen molar-refractivity contribution in [2.45, 2.75) is 82.3 Å². The van der Waals surface area contributed by atoms with Gasteiger partial charge in [-0.25, -0.2) is 19.6 Å². The molecule has 16 nitrogen and oxygen atoms in total. The zero-order valence-electron chi connectivity index (χ0n) is 32.5. The summed E-state index contributed by atoms with van der Waals surface area (Å²) < 4.78 is 15.5. The molecule has 298 valence electrons. The Morgan fingerprint density at radius 2 is 1.34 bits per heavy atom. The van der Waals surface area contributed by atoms with Crippen LogP contribution in [0.1, 0.15) is 64.1 Å². The zero-order chi connectivity index (χ0) is 40.1. The molecule has 5 N–H and O–H groups in total. The van der Waals surface area contributed by atoms with Crippen LogP contribution < -0.4 is 10.6 Å². The summed E-state index contributed by atoms with van der Waals surface area (Å²) in [6.07, 6.45) is 3.28. The lowest BCUT2D eigenvalue weighted by Crippen LogP contribution is -2.57. The Bertz CT molecular complexity index is 2010. The van der Waals surface area contributed by atoms with E-state index < -0.39 is 42.0 Å². The van der Waals surface area contributed by atoms with Crippen molar-refractivity contribution in [3.63, 3.8) is 0 Å².